The number of hydrogen-bond acceptors (Lipinski definition) is 5. The fourth-order valence-corrected chi connectivity index (χ4v) is 5.31. The second-order valence-corrected chi connectivity index (χ2v) is 10.2. The Kier molecular flexibility index (Phi) is 6.93. The van der Waals surface area contributed by atoms with E-state index < -0.39 is 0 Å². The number of anilines is 1. The maximum atomic E-state index is 6.62. The zero-order chi connectivity index (χ0) is 23.7. The summed E-state index contributed by atoms with van der Waals surface area (Å²) in [4.78, 5) is 12.9. The van der Waals surface area contributed by atoms with Crippen molar-refractivity contribution in [3.63, 3.8) is 0 Å². The van der Waals surface area contributed by atoms with Crippen LogP contribution in [0.25, 0.3) is 11.3 Å². The highest BCUT2D eigenvalue weighted by Crippen LogP contribution is 2.41. The first kappa shape index (κ1) is 23.4. The lowest BCUT2D eigenvalue weighted by molar-refractivity contribution is 0.682. The van der Waals surface area contributed by atoms with Gasteiger partial charge in [0.05, 0.1) is 17.1 Å². The molecule has 2 aromatic carbocycles. The molecule has 0 saturated heterocycles. The van der Waals surface area contributed by atoms with Crippen LogP contribution in [0.15, 0.2) is 59.0 Å². The molecular weight excluding hydrogens is 509 g/mol. The van der Waals surface area contributed by atoms with Crippen LogP contribution in [0.1, 0.15) is 49.3 Å². The highest BCUT2D eigenvalue weighted by atomic mass is 35.5. The van der Waals surface area contributed by atoms with Gasteiger partial charge in [0, 0.05) is 33.8 Å². The van der Waals surface area contributed by atoms with Crippen molar-refractivity contribution in [3.8, 4) is 11.3 Å². The fraction of sp³-hybridized carbons (Fsp3) is 0.240. The molecule has 0 fully saturated rings. The van der Waals surface area contributed by atoms with E-state index in [0.29, 0.717) is 21.6 Å². The lowest BCUT2D eigenvalue weighted by Crippen LogP contribution is -2.19. The Morgan fingerprint density at radius 1 is 0.971 bits per heavy atom. The third kappa shape index (κ3) is 4.86. The Labute approximate surface area is 217 Å². The van der Waals surface area contributed by atoms with Crippen LogP contribution in [0.4, 0.5) is 5.13 Å². The smallest absolute Gasteiger partial charge is 0.207 e. The largest absolute Gasteiger partial charge is 0.343 e. The zero-order valence-electron chi connectivity index (χ0n) is 18.4. The lowest BCUT2D eigenvalue weighted by Gasteiger charge is -2.20. The average Bonchev–Trinajstić information content (AvgIpc) is 3.57. The number of hydrogen-bond donors (Lipinski definition) is 1. The summed E-state index contributed by atoms with van der Waals surface area (Å²) in [6.45, 7) is 2.16. The number of benzene rings is 2. The molecule has 1 N–H and O–H groups in total. The van der Waals surface area contributed by atoms with E-state index in [4.69, 9.17) is 44.9 Å². The van der Waals surface area contributed by atoms with E-state index >= 15 is 0 Å². The van der Waals surface area contributed by atoms with Gasteiger partial charge in [-0.05, 0) is 36.2 Å². The van der Waals surface area contributed by atoms with Crippen molar-refractivity contribution in [2.24, 2.45) is 5.10 Å². The van der Waals surface area contributed by atoms with E-state index in [1.807, 2.05) is 58.9 Å². The molecule has 174 valence electrons. The summed E-state index contributed by atoms with van der Waals surface area (Å²) in [6, 6.07) is 15.3. The number of aryl methyl sites for hydroxylation is 1. The van der Waals surface area contributed by atoms with Crippen molar-refractivity contribution in [1.82, 2.24) is 15.0 Å². The second kappa shape index (κ2) is 10.1. The predicted octanol–water partition coefficient (Wildman–Crippen LogP) is 8.19. The van der Waals surface area contributed by atoms with E-state index in [2.05, 4.69) is 16.9 Å². The number of imidazole rings is 1. The number of thiazole rings is 1. The molecule has 34 heavy (non-hydrogen) atoms. The highest BCUT2D eigenvalue weighted by molar-refractivity contribution is 7.14. The standard InChI is InChI=1S/C25H22Cl3N5S/c1-2-3-4-22-30-23(24(28)31-22)21-13-19(15-5-9-17(26)10-6-15)32-33(21)25-29-20(14-34-25)16-7-11-18(27)12-8-16/h5-12,14,21H,2-4,13H2,1H3,(H,30,31). The third-order valence-corrected chi connectivity index (χ3v) is 7.37. The van der Waals surface area contributed by atoms with Crippen molar-refractivity contribution >= 4 is 57.0 Å². The minimum atomic E-state index is -0.134. The van der Waals surface area contributed by atoms with E-state index in [0.717, 1.165) is 58.4 Å². The van der Waals surface area contributed by atoms with E-state index in [-0.39, 0.29) is 6.04 Å². The van der Waals surface area contributed by atoms with Crippen molar-refractivity contribution in [3.05, 3.63) is 86.2 Å². The molecule has 0 aliphatic carbocycles. The first-order chi connectivity index (χ1) is 16.5. The van der Waals surface area contributed by atoms with Gasteiger partial charge in [0.25, 0.3) is 0 Å². The van der Waals surface area contributed by atoms with Gasteiger partial charge >= 0.3 is 0 Å². The molecule has 2 aromatic heterocycles. The maximum absolute atomic E-state index is 6.62. The summed E-state index contributed by atoms with van der Waals surface area (Å²) in [5.74, 6) is 0.905. The molecule has 0 radical (unpaired) electrons. The summed E-state index contributed by atoms with van der Waals surface area (Å²) >= 11 is 20.3. The molecule has 0 bridgehead atoms. The van der Waals surface area contributed by atoms with Crippen molar-refractivity contribution in [1.29, 1.82) is 0 Å². The molecule has 9 heteroatoms. The Hall–Kier alpha value is -2.38. The van der Waals surface area contributed by atoms with Gasteiger partial charge in [0.1, 0.15) is 11.9 Å². The number of hydrazone groups is 1. The average molecular weight is 531 g/mol. The summed E-state index contributed by atoms with van der Waals surface area (Å²) in [5.41, 5.74) is 4.72. The van der Waals surface area contributed by atoms with Crippen molar-refractivity contribution < 1.29 is 0 Å². The Balaban J connectivity index is 1.51. The van der Waals surface area contributed by atoms with Gasteiger partial charge in [0.2, 0.25) is 5.13 Å². The van der Waals surface area contributed by atoms with Gasteiger partial charge in [-0.2, -0.15) is 5.10 Å². The SMILES string of the molecule is CCCCc1nc(Cl)c(C2CC(c3ccc(Cl)cc3)=NN2c2nc(-c3ccc(Cl)cc3)cs2)[nH]1. The van der Waals surface area contributed by atoms with Gasteiger partial charge in [0.15, 0.2) is 5.15 Å². The molecule has 4 aromatic rings. The number of aromatic amines is 1. The molecule has 1 aliphatic heterocycles. The first-order valence-electron chi connectivity index (χ1n) is 11.1. The molecule has 0 spiro atoms. The number of unbranched alkanes of at least 4 members (excludes halogenated alkanes) is 1. The Bertz CT molecular complexity index is 1310. The van der Waals surface area contributed by atoms with Crippen LogP contribution in [0.5, 0.6) is 0 Å². The molecule has 5 rings (SSSR count). The van der Waals surface area contributed by atoms with Gasteiger partial charge in [-0.15, -0.1) is 11.3 Å². The van der Waals surface area contributed by atoms with Crippen LogP contribution in [0.2, 0.25) is 15.2 Å². The van der Waals surface area contributed by atoms with Gasteiger partial charge in [-0.3, -0.25) is 0 Å². The normalized spacial score (nSPS) is 15.7. The monoisotopic (exact) mass is 529 g/mol. The maximum Gasteiger partial charge on any atom is 0.207 e. The highest BCUT2D eigenvalue weighted by Gasteiger charge is 2.34. The molecule has 5 nitrogen and oxygen atoms in total. The number of nitrogens with one attached hydrogen (secondary N) is 1. The number of aromatic nitrogens is 3. The number of halogens is 3. The van der Waals surface area contributed by atoms with E-state index in [9.17, 15) is 0 Å². The molecule has 3 heterocycles. The van der Waals surface area contributed by atoms with Gasteiger partial charge in [-0.1, -0.05) is 72.4 Å². The van der Waals surface area contributed by atoms with E-state index in [1.54, 1.807) is 11.3 Å². The first-order valence-corrected chi connectivity index (χ1v) is 13.1. The number of rotatable bonds is 7. The molecule has 0 amide bonds. The van der Waals surface area contributed by atoms with Crippen LogP contribution in [-0.4, -0.2) is 20.7 Å². The molecular formula is C25H22Cl3N5S. The van der Waals surface area contributed by atoms with Crippen LogP contribution in [0.3, 0.4) is 0 Å². The summed E-state index contributed by atoms with van der Waals surface area (Å²) in [7, 11) is 0. The Morgan fingerprint density at radius 3 is 2.32 bits per heavy atom. The summed E-state index contributed by atoms with van der Waals surface area (Å²) in [5, 5.41) is 11.6. The third-order valence-electron chi connectivity index (χ3n) is 5.75. The van der Waals surface area contributed by atoms with Gasteiger partial charge in [-0.25, -0.2) is 15.0 Å². The summed E-state index contributed by atoms with van der Waals surface area (Å²) < 4.78 is 0. The van der Waals surface area contributed by atoms with Crippen molar-refractivity contribution in [2.45, 2.75) is 38.6 Å². The Morgan fingerprint density at radius 2 is 1.65 bits per heavy atom. The molecule has 1 unspecified atom stereocenters. The lowest BCUT2D eigenvalue weighted by atomic mass is 10.0. The van der Waals surface area contributed by atoms with Crippen LogP contribution in [-0.2, 0) is 6.42 Å². The molecule has 1 atom stereocenters. The van der Waals surface area contributed by atoms with Crippen LogP contribution < -0.4 is 5.01 Å². The predicted molar refractivity (Wildman–Crippen MR) is 143 cm³/mol. The van der Waals surface area contributed by atoms with Gasteiger partial charge < -0.3 is 4.98 Å². The zero-order valence-corrected chi connectivity index (χ0v) is 21.5. The fourth-order valence-electron chi connectivity index (χ4n) is 3.95. The van der Waals surface area contributed by atoms with Crippen LogP contribution in [0, 0.1) is 0 Å². The summed E-state index contributed by atoms with van der Waals surface area (Å²) in [6.07, 6.45) is 3.69. The second-order valence-electron chi connectivity index (χ2n) is 8.13. The quantitative estimate of drug-likeness (QED) is 0.262. The van der Waals surface area contributed by atoms with Crippen LogP contribution >= 0.6 is 46.1 Å². The minimum Gasteiger partial charge on any atom is -0.343 e. The minimum absolute atomic E-state index is 0.134. The number of H-pyrrole nitrogens is 1. The number of nitrogens with zero attached hydrogens (tertiary/aromatic N) is 4. The van der Waals surface area contributed by atoms with Crippen molar-refractivity contribution in [2.75, 3.05) is 5.01 Å². The van der Waals surface area contributed by atoms with E-state index in [1.165, 1.54) is 0 Å². The molecule has 0 saturated carbocycles. The molecule has 1 aliphatic rings. The topological polar surface area (TPSA) is 57.2 Å².